The molecule has 0 unspecified atom stereocenters. The van der Waals surface area contributed by atoms with E-state index in [2.05, 4.69) is 25.8 Å². The predicted molar refractivity (Wildman–Crippen MR) is 123 cm³/mol. The van der Waals surface area contributed by atoms with Gasteiger partial charge in [-0.3, -0.25) is 19.5 Å². The van der Waals surface area contributed by atoms with Crippen molar-refractivity contribution in [3.63, 3.8) is 0 Å². The number of aromatic nitrogens is 3. The molecule has 3 aromatic rings. The second kappa shape index (κ2) is 9.68. The second-order valence-electron chi connectivity index (χ2n) is 8.33. The van der Waals surface area contributed by atoms with Gasteiger partial charge in [-0.2, -0.15) is 5.10 Å². The molecular weight excluding hydrogens is 426 g/mol. The zero-order chi connectivity index (χ0) is 24.2. The number of amides is 2. The Morgan fingerprint density at radius 2 is 1.85 bits per heavy atom. The molecule has 0 fully saturated rings. The predicted octanol–water partition coefficient (Wildman–Crippen LogP) is 3.05. The van der Waals surface area contributed by atoms with Gasteiger partial charge >= 0.3 is 5.97 Å². The first-order valence-corrected chi connectivity index (χ1v) is 10.4. The van der Waals surface area contributed by atoms with Gasteiger partial charge in [0.1, 0.15) is 11.3 Å². The van der Waals surface area contributed by atoms with Crippen molar-refractivity contribution in [3.05, 3.63) is 36.2 Å². The van der Waals surface area contributed by atoms with E-state index in [9.17, 15) is 14.4 Å². The summed E-state index contributed by atoms with van der Waals surface area (Å²) >= 11 is 0. The standard InChI is InChI=1S/C23H27N5O5/c1-23(2,3)33-19(30)9-8-18(29)26-17-11-14(12-25-22(17)32-5)13-6-7-15-16(10-13)27-28-20(15)21(31)24-4/h6-7,10-12H,8-9H2,1-5H3,(H,24,31)(H,26,29)(H,27,28). The van der Waals surface area contributed by atoms with E-state index < -0.39 is 11.6 Å². The van der Waals surface area contributed by atoms with Crippen LogP contribution in [0.3, 0.4) is 0 Å². The molecule has 3 rings (SSSR count). The zero-order valence-corrected chi connectivity index (χ0v) is 19.2. The maximum absolute atomic E-state index is 12.4. The maximum atomic E-state index is 12.4. The van der Waals surface area contributed by atoms with Crippen LogP contribution in [0.15, 0.2) is 30.5 Å². The third kappa shape index (κ3) is 5.85. The molecule has 33 heavy (non-hydrogen) atoms. The molecule has 0 radical (unpaired) electrons. The largest absolute Gasteiger partial charge is 0.480 e. The highest BCUT2D eigenvalue weighted by molar-refractivity contribution is 6.05. The van der Waals surface area contributed by atoms with Gasteiger partial charge in [-0.25, -0.2) is 4.98 Å². The summed E-state index contributed by atoms with van der Waals surface area (Å²) < 4.78 is 10.5. The summed E-state index contributed by atoms with van der Waals surface area (Å²) in [4.78, 5) is 40.5. The third-order valence-electron chi connectivity index (χ3n) is 4.63. The first-order valence-electron chi connectivity index (χ1n) is 10.4. The van der Waals surface area contributed by atoms with Gasteiger partial charge in [0.2, 0.25) is 11.8 Å². The monoisotopic (exact) mass is 453 g/mol. The summed E-state index contributed by atoms with van der Waals surface area (Å²) in [6.45, 7) is 5.31. The number of methoxy groups -OCH3 is 1. The van der Waals surface area contributed by atoms with Crippen molar-refractivity contribution in [2.75, 3.05) is 19.5 Å². The lowest BCUT2D eigenvalue weighted by Crippen LogP contribution is -2.24. The lowest BCUT2D eigenvalue weighted by molar-refractivity contribution is -0.155. The average molecular weight is 453 g/mol. The number of fused-ring (bicyclic) bond motifs is 1. The molecule has 0 saturated carbocycles. The highest BCUT2D eigenvalue weighted by Gasteiger charge is 2.18. The number of nitrogens with one attached hydrogen (secondary N) is 3. The minimum atomic E-state index is -0.605. The fraction of sp³-hybridized carbons (Fsp3) is 0.348. The molecule has 2 aromatic heterocycles. The summed E-state index contributed by atoms with van der Waals surface area (Å²) in [6, 6.07) is 7.20. The van der Waals surface area contributed by atoms with Crippen LogP contribution in [-0.2, 0) is 14.3 Å². The Morgan fingerprint density at radius 1 is 1.09 bits per heavy atom. The lowest BCUT2D eigenvalue weighted by atomic mass is 10.0. The van der Waals surface area contributed by atoms with Gasteiger partial charge in [-0.1, -0.05) is 6.07 Å². The number of carbonyl (C=O) groups excluding carboxylic acids is 3. The van der Waals surface area contributed by atoms with Crippen LogP contribution < -0.4 is 15.4 Å². The average Bonchev–Trinajstić information content (AvgIpc) is 3.19. The van der Waals surface area contributed by atoms with Crippen molar-refractivity contribution in [1.82, 2.24) is 20.5 Å². The van der Waals surface area contributed by atoms with E-state index in [1.807, 2.05) is 12.1 Å². The van der Waals surface area contributed by atoms with Crippen molar-refractivity contribution in [2.24, 2.45) is 0 Å². The third-order valence-corrected chi connectivity index (χ3v) is 4.63. The van der Waals surface area contributed by atoms with E-state index in [1.54, 1.807) is 46.1 Å². The number of carbonyl (C=O) groups is 3. The van der Waals surface area contributed by atoms with Crippen molar-refractivity contribution in [1.29, 1.82) is 0 Å². The molecule has 3 N–H and O–H groups in total. The number of rotatable bonds is 7. The molecule has 1 aromatic carbocycles. The molecule has 0 aliphatic heterocycles. The Labute approximate surface area is 191 Å². The van der Waals surface area contributed by atoms with Crippen LogP contribution in [-0.4, -0.2) is 52.7 Å². The molecule has 0 bridgehead atoms. The Hall–Kier alpha value is -3.95. The van der Waals surface area contributed by atoms with Crippen LogP contribution in [0.2, 0.25) is 0 Å². The maximum Gasteiger partial charge on any atom is 0.306 e. The van der Waals surface area contributed by atoms with Gasteiger partial charge in [0.15, 0.2) is 5.69 Å². The van der Waals surface area contributed by atoms with E-state index >= 15 is 0 Å². The number of nitrogens with zero attached hydrogens (tertiary/aromatic N) is 2. The van der Waals surface area contributed by atoms with E-state index in [4.69, 9.17) is 9.47 Å². The number of ether oxygens (including phenoxy) is 2. The second-order valence-corrected chi connectivity index (χ2v) is 8.33. The normalized spacial score (nSPS) is 11.2. The molecule has 2 amide bonds. The smallest absolute Gasteiger partial charge is 0.306 e. The van der Waals surface area contributed by atoms with Crippen LogP contribution in [0.5, 0.6) is 5.88 Å². The van der Waals surface area contributed by atoms with Gasteiger partial charge < -0.3 is 20.1 Å². The Balaban J connectivity index is 1.78. The summed E-state index contributed by atoms with van der Waals surface area (Å²) in [6.07, 6.45) is 1.54. The summed E-state index contributed by atoms with van der Waals surface area (Å²) in [5, 5.41) is 12.9. The fourth-order valence-electron chi connectivity index (χ4n) is 3.17. The molecule has 0 spiro atoms. The topological polar surface area (TPSA) is 135 Å². The molecule has 10 heteroatoms. The molecule has 0 aliphatic carbocycles. The summed E-state index contributed by atoms with van der Waals surface area (Å²) in [7, 11) is 3.00. The van der Waals surface area contributed by atoms with Gasteiger partial charge in [0.05, 0.1) is 19.0 Å². The Bertz CT molecular complexity index is 1200. The molecular formula is C23H27N5O5. The zero-order valence-electron chi connectivity index (χ0n) is 19.2. The van der Waals surface area contributed by atoms with Gasteiger partial charge in [-0.15, -0.1) is 0 Å². The van der Waals surface area contributed by atoms with Crippen molar-refractivity contribution in [3.8, 4) is 17.0 Å². The molecule has 0 atom stereocenters. The SMILES string of the molecule is CNC(=O)c1n[nH]c2cc(-c3cnc(OC)c(NC(=O)CCC(=O)OC(C)(C)C)c3)ccc12. The number of aromatic amines is 1. The Kier molecular flexibility index (Phi) is 6.95. The van der Waals surface area contributed by atoms with Gasteiger partial charge in [-0.05, 0) is 44.5 Å². The molecule has 10 nitrogen and oxygen atoms in total. The first kappa shape index (κ1) is 23.7. The molecule has 174 valence electrons. The number of hydrogen-bond acceptors (Lipinski definition) is 7. The number of anilines is 1. The van der Waals surface area contributed by atoms with Crippen molar-refractivity contribution in [2.45, 2.75) is 39.2 Å². The van der Waals surface area contributed by atoms with E-state index in [0.29, 0.717) is 22.3 Å². The van der Waals surface area contributed by atoms with E-state index in [0.717, 1.165) is 11.1 Å². The fourth-order valence-corrected chi connectivity index (χ4v) is 3.17. The number of esters is 1. The highest BCUT2D eigenvalue weighted by atomic mass is 16.6. The number of hydrogen-bond donors (Lipinski definition) is 3. The van der Waals surface area contributed by atoms with E-state index in [-0.39, 0.29) is 30.5 Å². The highest BCUT2D eigenvalue weighted by Crippen LogP contribution is 2.30. The first-order chi connectivity index (χ1) is 15.6. The van der Waals surface area contributed by atoms with Crippen LogP contribution in [0.25, 0.3) is 22.0 Å². The van der Waals surface area contributed by atoms with E-state index in [1.165, 1.54) is 7.11 Å². The van der Waals surface area contributed by atoms with Crippen LogP contribution in [0, 0.1) is 0 Å². The number of pyridine rings is 1. The summed E-state index contributed by atoms with van der Waals surface area (Å²) in [5.74, 6) is -0.844. The molecule has 0 aliphatic rings. The molecule has 2 heterocycles. The van der Waals surface area contributed by atoms with Crippen LogP contribution in [0.1, 0.15) is 44.1 Å². The minimum absolute atomic E-state index is 0.0370. The molecule has 0 saturated heterocycles. The number of H-pyrrole nitrogens is 1. The lowest BCUT2D eigenvalue weighted by Gasteiger charge is -2.19. The van der Waals surface area contributed by atoms with Crippen LogP contribution in [0.4, 0.5) is 5.69 Å². The van der Waals surface area contributed by atoms with Crippen molar-refractivity contribution >= 4 is 34.4 Å². The Morgan fingerprint density at radius 3 is 2.52 bits per heavy atom. The summed E-state index contributed by atoms with van der Waals surface area (Å²) in [5.41, 5.74) is 2.28. The van der Waals surface area contributed by atoms with Gasteiger partial charge in [0, 0.05) is 30.6 Å². The van der Waals surface area contributed by atoms with Crippen molar-refractivity contribution < 1.29 is 23.9 Å². The number of benzene rings is 1. The minimum Gasteiger partial charge on any atom is -0.480 e. The van der Waals surface area contributed by atoms with Gasteiger partial charge in [0.25, 0.3) is 5.91 Å². The quantitative estimate of drug-likeness (QED) is 0.468. The van der Waals surface area contributed by atoms with Crippen LogP contribution >= 0.6 is 0 Å².